The van der Waals surface area contributed by atoms with Crippen molar-refractivity contribution in [3.63, 3.8) is 0 Å². The van der Waals surface area contributed by atoms with Crippen molar-refractivity contribution in [3.05, 3.63) is 11.0 Å². The Kier molecular flexibility index (Phi) is 11.3. The molecule has 0 fully saturated rings. The van der Waals surface area contributed by atoms with E-state index in [0.717, 1.165) is 11.8 Å². The summed E-state index contributed by atoms with van der Waals surface area (Å²) in [6, 6.07) is 0. The van der Waals surface area contributed by atoms with Crippen molar-refractivity contribution in [2.75, 3.05) is 0 Å². The molecule has 18 heavy (non-hydrogen) atoms. The van der Waals surface area contributed by atoms with Crippen LogP contribution in [-0.4, -0.2) is 14.1 Å². The zero-order valence-corrected chi connectivity index (χ0v) is 14.8. The third-order valence-electron chi connectivity index (χ3n) is 3.69. The van der Waals surface area contributed by atoms with E-state index in [1.165, 1.54) is 49.1 Å². The SMILES string of the molecule is C=[C](CCCCCCC)[Al]([CH2]C(C)C)[CH2]C(C)C. The summed E-state index contributed by atoms with van der Waals surface area (Å²) < 4.78 is 1.66. The van der Waals surface area contributed by atoms with E-state index in [-0.39, 0.29) is 0 Å². The van der Waals surface area contributed by atoms with Crippen molar-refractivity contribution in [1.82, 2.24) is 0 Å². The van der Waals surface area contributed by atoms with E-state index in [0.29, 0.717) is 0 Å². The van der Waals surface area contributed by atoms with Crippen LogP contribution < -0.4 is 0 Å². The topological polar surface area (TPSA) is 0 Å². The van der Waals surface area contributed by atoms with Crippen molar-refractivity contribution in [3.8, 4) is 0 Å². The summed E-state index contributed by atoms with van der Waals surface area (Å²) in [5, 5.41) is 2.93. The van der Waals surface area contributed by atoms with Gasteiger partial charge in [-0.2, -0.15) is 0 Å². The van der Waals surface area contributed by atoms with Gasteiger partial charge >= 0.3 is 0 Å². The van der Waals surface area contributed by atoms with Gasteiger partial charge in [0.1, 0.15) is 0 Å². The molecule has 0 heterocycles. The smallest absolute Gasteiger partial charge is 0.137 e. The van der Waals surface area contributed by atoms with Gasteiger partial charge in [-0.3, -0.25) is 0 Å². The fourth-order valence-corrected chi connectivity index (χ4v) is 6.48. The van der Waals surface area contributed by atoms with E-state index in [1.54, 1.807) is 4.44 Å². The number of unbranched alkanes of at least 4 members (excludes halogenated alkanes) is 4. The highest BCUT2D eigenvalue weighted by Gasteiger charge is 2.22. The van der Waals surface area contributed by atoms with Crippen LogP contribution in [0.25, 0.3) is 0 Å². The second-order valence-electron chi connectivity index (χ2n) is 6.78. The van der Waals surface area contributed by atoms with Crippen LogP contribution in [0.1, 0.15) is 73.1 Å². The van der Waals surface area contributed by atoms with Gasteiger partial charge in [-0.25, -0.2) is 0 Å². The standard InChI is InChI=1S/C9H17.2C4H9.Al/c1-3-5-7-9-8-6-4-2;2*1-4(2)3;/h1,4-9H2,2H3;2*4H,1H2,2-3H3;. The van der Waals surface area contributed by atoms with Crippen LogP contribution >= 0.6 is 0 Å². The van der Waals surface area contributed by atoms with E-state index in [9.17, 15) is 0 Å². The first-order chi connectivity index (χ1) is 8.47. The molecule has 106 valence electrons. The highest BCUT2D eigenvalue weighted by molar-refractivity contribution is 6.66. The molecule has 0 rings (SSSR count). The first-order valence-corrected chi connectivity index (χ1v) is 10.4. The van der Waals surface area contributed by atoms with Crippen molar-refractivity contribution >= 4 is 14.1 Å². The molecule has 1 heteroatoms. The number of hydrogen-bond acceptors (Lipinski definition) is 0. The average molecular weight is 266 g/mol. The van der Waals surface area contributed by atoms with Crippen LogP contribution in [-0.2, 0) is 0 Å². The summed E-state index contributed by atoms with van der Waals surface area (Å²) >= 11 is -0.697. The molecule has 0 aliphatic rings. The lowest BCUT2D eigenvalue weighted by Gasteiger charge is -2.19. The molecule has 0 amide bonds. The van der Waals surface area contributed by atoms with Crippen LogP contribution in [0.4, 0.5) is 0 Å². The molecule has 0 aliphatic heterocycles. The Balaban J connectivity index is 3.96. The fourth-order valence-electron chi connectivity index (χ4n) is 2.73. The molecular weight excluding hydrogens is 231 g/mol. The minimum Gasteiger partial charge on any atom is -0.137 e. The van der Waals surface area contributed by atoms with Crippen LogP contribution in [0.15, 0.2) is 11.0 Å². The molecule has 0 bridgehead atoms. The van der Waals surface area contributed by atoms with E-state index >= 15 is 0 Å². The minimum atomic E-state index is -0.697. The Hall–Kier alpha value is 0.272. The van der Waals surface area contributed by atoms with Gasteiger partial charge in [-0.15, -0.1) is 11.0 Å². The number of allylic oxidation sites excluding steroid dienone is 1. The van der Waals surface area contributed by atoms with Crippen LogP contribution in [0, 0.1) is 11.8 Å². The molecule has 0 nitrogen and oxygen atoms in total. The van der Waals surface area contributed by atoms with Gasteiger partial charge in [0.15, 0.2) is 0 Å². The third-order valence-corrected chi connectivity index (χ3v) is 8.16. The Morgan fingerprint density at radius 3 is 1.83 bits per heavy atom. The van der Waals surface area contributed by atoms with E-state index in [4.69, 9.17) is 0 Å². The zero-order valence-electron chi connectivity index (χ0n) is 13.6. The molecule has 0 radical (unpaired) electrons. The van der Waals surface area contributed by atoms with Gasteiger partial charge in [0.2, 0.25) is 0 Å². The summed E-state index contributed by atoms with van der Waals surface area (Å²) in [6.45, 7) is 16.2. The van der Waals surface area contributed by atoms with E-state index in [1.807, 2.05) is 0 Å². The Morgan fingerprint density at radius 2 is 1.39 bits per heavy atom. The minimum absolute atomic E-state index is 0.697. The van der Waals surface area contributed by atoms with Crippen molar-refractivity contribution in [1.29, 1.82) is 0 Å². The van der Waals surface area contributed by atoms with Crippen LogP contribution in [0.3, 0.4) is 0 Å². The maximum Gasteiger partial charge on any atom is 0.298 e. The Labute approximate surface area is 121 Å². The largest absolute Gasteiger partial charge is 0.298 e. The first kappa shape index (κ1) is 18.3. The van der Waals surface area contributed by atoms with Crippen LogP contribution in [0.5, 0.6) is 0 Å². The molecule has 0 aliphatic carbocycles. The monoisotopic (exact) mass is 266 g/mol. The van der Waals surface area contributed by atoms with Crippen molar-refractivity contribution in [2.24, 2.45) is 11.8 Å². The number of rotatable bonds is 11. The van der Waals surface area contributed by atoms with Crippen LogP contribution in [0.2, 0.25) is 10.6 Å². The highest BCUT2D eigenvalue weighted by atomic mass is 27.2. The maximum atomic E-state index is 4.44. The molecule has 0 atom stereocenters. The number of hydrogen-bond donors (Lipinski definition) is 0. The predicted octanol–water partition coefficient (Wildman–Crippen LogP) is 6.25. The van der Waals surface area contributed by atoms with E-state index in [2.05, 4.69) is 41.2 Å². The predicted molar refractivity (Wildman–Crippen MR) is 87.6 cm³/mol. The summed E-state index contributed by atoms with van der Waals surface area (Å²) in [4.78, 5) is 0. The molecule has 0 aromatic heterocycles. The highest BCUT2D eigenvalue weighted by Crippen LogP contribution is 2.23. The molecular formula is C17H35Al. The lowest BCUT2D eigenvalue weighted by atomic mass is 10.1. The van der Waals surface area contributed by atoms with Gasteiger partial charge in [0.25, 0.3) is 14.1 Å². The Bertz CT molecular complexity index is 196. The van der Waals surface area contributed by atoms with Gasteiger partial charge < -0.3 is 0 Å². The lowest BCUT2D eigenvalue weighted by Crippen LogP contribution is -2.20. The van der Waals surface area contributed by atoms with Gasteiger partial charge in [-0.1, -0.05) is 89.1 Å². The van der Waals surface area contributed by atoms with Crippen molar-refractivity contribution in [2.45, 2.75) is 83.7 Å². The first-order valence-electron chi connectivity index (χ1n) is 8.15. The van der Waals surface area contributed by atoms with Gasteiger partial charge in [0.05, 0.1) is 0 Å². The molecule has 0 unspecified atom stereocenters. The third kappa shape index (κ3) is 10.2. The molecule has 0 spiro atoms. The second-order valence-corrected chi connectivity index (χ2v) is 9.93. The Morgan fingerprint density at radius 1 is 0.889 bits per heavy atom. The molecule has 0 saturated carbocycles. The summed E-state index contributed by atoms with van der Waals surface area (Å²) in [5.41, 5.74) is 0. The lowest BCUT2D eigenvalue weighted by molar-refractivity contribution is 0.632. The summed E-state index contributed by atoms with van der Waals surface area (Å²) in [5.74, 6) is 1.72. The molecule has 0 N–H and O–H groups in total. The summed E-state index contributed by atoms with van der Waals surface area (Å²) in [6.07, 6.45) is 8.30. The van der Waals surface area contributed by atoms with Gasteiger partial charge in [0, 0.05) is 0 Å². The average Bonchev–Trinajstić information content (AvgIpc) is 2.26. The fraction of sp³-hybridized carbons (Fsp3) is 0.882. The molecule has 0 aromatic rings. The zero-order chi connectivity index (χ0) is 14.0. The van der Waals surface area contributed by atoms with E-state index < -0.39 is 14.1 Å². The normalized spacial score (nSPS) is 11.3. The molecule has 0 saturated heterocycles. The summed E-state index contributed by atoms with van der Waals surface area (Å²) in [7, 11) is 0. The second kappa shape index (κ2) is 11.1. The quantitative estimate of drug-likeness (QED) is 0.306. The van der Waals surface area contributed by atoms with Crippen molar-refractivity contribution < 1.29 is 0 Å². The maximum absolute atomic E-state index is 4.44. The molecule has 0 aromatic carbocycles. The van der Waals surface area contributed by atoms with Gasteiger partial charge in [-0.05, 0) is 6.42 Å².